The molecule has 0 aliphatic carbocycles. The fraction of sp³-hybridized carbons (Fsp3) is 0.429. The summed E-state index contributed by atoms with van der Waals surface area (Å²) in [6, 6.07) is 7.00. The van der Waals surface area contributed by atoms with Crippen molar-refractivity contribution >= 4 is 0 Å². The van der Waals surface area contributed by atoms with Gasteiger partial charge in [0, 0.05) is 12.5 Å². The number of aromatic nitrogens is 2. The normalized spacial score (nSPS) is 18.9. The monoisotopic (exact) mass is 261 g/mol. The van der Waals surface area contributed by atoms with Gasteiger partial charge in [0.15, 0.2) is 0 Å². The first kappa shape index (κ1) is 12.3. The van der Waals surface area contributed by atoms with Gasteiger partial charge in [0.05, 0.1) is 5.56 Å². The topological polar surface area (TPSA) is 51.0 Å². The van der Waals surface area contributed by atoms with E-state index in [-0.39, 0.29) is 5.82 Å². The minimum absolute atomic E-state index is 0.326. The van der Waals surface area contributed by atoms with Crippen LogP contribution in [0.5, 0.6) is 0 Å². The van der Waals surface area contributed by atoms with Gasteiger partial charge in [-0.15, -0.1) is 0 Å². The van der Waals surface area contributed by atoms with Crippen LogP contribution in [0.3, 0.4) is 0 Å². The summed E-state index contributed by atoms with van der Waals surface area (Å²) in [5.41, 5.74) is 0.386. The van der Waals surface area contributed by atoms with Gasteiger partial charge >= 0.3 is 0 Å². The Bertz CT molecular complexity index is 549. The molecule has 2 heterocycles. The second-order valence-electron chi connectivity index (χ2n) is 4.82. The molecule has 1 N–H and O–H groups in total. The molecule has 1 aliphatic rings. The number of nitrogens with one attached hydrogen (secondary N) is 1. The van der Waals surface area contributed by atoms with Gasteiger partial charge in [-0.25, -0.2) is 4.39 Å². The summed E-state index contributed by atoms with van der Waals surface area (Å²) in [5, 5.41) is 7.27. The number of hydrogen-bond acceptors (Lipinski definition) is 4. The molecule has 1 saturated heterocycles. The molecule has 1 aromatic carbocycles. The van der Waals surface area contributed by atoms with Gasteiger partial charge in [0.1, 0.15) is 5.82 Å². The maximum Gasteiger partial charge on any atom is 0.227 e. The van der Waals surface area contributed by atoms with E-state index in [0.717, 1.165) is 19.4 Å². The predicted molar refractivity (Wildman–Crippen MR) is 69.0 cm³/mol. The summed E-state index contributed by atoms with van der Waals surface area (Å²) in [4.78, 5) is 4.26. The molecular weight excluding hydrogens is 245 g/mol. The van der Waals surface area contributed by atoms with Crippen LogP contribution in [0.1, 0.15) is 25.2 Å². The zero-order valence-electron chi connectivity index (χ0n) is 10.6. The van der Waals surface area contributed by atoms with Gasteiger partial charge in [-0.1, -0.05) is 17.3 Å². The van der Waals surface area contributed by atoms with E-state index in [4.69, 9.17) is 4.52 Å². The van der Waals surface area contributed by atoms with Crippen molar-refractivity contribution in [2.45, 2.75) is 31.7 Å². The molecular formula is C14H16FN3O. The molecule has 4 nitrogen and oxygen atoms in total. The molecule has 2 aromatic rings. The Morgan fingerprint density at radius 3 is 3.05 bits per heavy atom. The number of rotatable bonds is 4. The SMILES string of the molecule is Fc1ccccc1-c1noc(CCC2CCCN2)n1. The summed E-state index contributed by atoms with van der Waals surface area (Å²) in [6.45, 7) is 1.09. The van der Waals surface area contributed by atoms with Gasteiger partial charge < -0.3 is 9.84 Å². The number of aryl methyl sites for hydroxylation is 1. The van der Waals surface area contributed by atoms with Crippen LogP contribution in [-0.2, 0) is 6.42 Å². The van der Waals surface area contributed by atoms with E-state index in [1.54, 1.807) is 18.2 Å². The molecule has 19 heavy (non-hydrogen) atoms. The Kier molecular flexibility index (Phi) is 3.55. The Hall–Kier alpha value is -1.75. The van der Waals surface area contributed by atoms with E-state index in [0.29, 0.717) is 23.3 Å². The molecule has 0 radical (unpaired) electrons. The van der Waals surface area contributed by atoms with Crippen LogP contribution < -0.4 is 5.32 Å². The third-order valence-corrected chi connectivity index (χ3v) is 3.45. The fourth-order valence-electron chi connectivity index (χ4n) is 2.41. The van der Waals surface area contributed by atoms with Crippen LogP contribution in [-0.4, -0.2) is 22.7 Å². The van der Waals surface area contributed by atoms with Gasteiger partial charge in [0.2, 0.25) is 11.7 Å². The zero-order chi connectivity index (χ0) is 13.1. The van der Waals surface area contributed by atoms with Crippen LogP contribution in [0, 0.1) is 5.82 Å². The van der Waals surface area contributed by atoms with E-state index >= 15 is 0 Å². The summed E-state index contributed by atoms with van der Waals surface area (Å²) in [7, 11) is 0. The Morgan fingerprint density at radius 2 is 2.26 bits per heavy atom. The smallest absolute Gasteiger partial charge is 0.227 e. The predicted octanol–water partition coefficient (Wildman–Crippen LogP) is 2.56. The molecule has 0 spiro atoms. The molecule has 0 amide bonds. The lowest BCUT2D eigenvalue weighted by molar-refractivity contribution is 0.368. The first-order valence-corrected chi connectivity index (χ1v) is 6.64. The van der Waals surface area contributed by atoms with Crippen LogP contribution in [0.25, 0.3) is 11.4 Å². The average molecular weight is 261 g/mol. The maximum absolute atomic E-state index is 13.6. The molecule has 0 saturated carbocycles. The van der Waals surface area contributed by atoms with Gasteiger partial charge in [0.25, 0.3) is 0 Å². The third-order valence-electron chi connectivity index (χ3n) is 3.45. The van der Waals surface area contributed by atoms with Gasteiger partial charge in [-0.05, 0) is 37.9 Å². The van der Waals surface area contributed by atoms with Crippen LogP contribution >= 0.6 is 0 Å². The minimum atomic E-state index is -0.327. The second-order valence-corrected chi connectivity index (χ2v) is 4.82. The van der Waals surface area contributed by atoms with Crippen molar-refractivity contribution in [2.24, 2.45) is 0 Å². The van der Waals surface area contributed by atoms with Crippen molar-refractivity contribution in [3.8, 4) is 11.4 Å². The lowest BCUT2D eigenvalue weighted by Gasteiger charge is -2.06. The summed E-state index contributed by atoms with van der Waals surface area (Å²) >= 11 is 0. The van der Waals surface area contributed by atoms with Crippen molar-refractivity contribution in [2.75, 3.05) is 6.54 Å². The molecule has 3 rings (SSSR count). The Labute approximate surface area is 111 Å². The zero-order valence-corrected chi connectivity index (χ0v) is 10.6. The number of benzene rings is 1. The summed E-state index contributed by atoms with van der Waals surface area (Å²) in [5.74, 6) is 0.576. The van der Waals surface area contributed by atoms with Crippen LogP contribution in [0.2, 0.25) is 0 Å². The largest absolute Gasteiger partial charge is 0.339 e. The second kappa shape index (κ2) is 5.48. The number of nitrogens with zero attached hydrogens (tertiary/aromatic N) is 2. The molecule has 1 unspecified atom stereocenters. The van der Waals surface area contributed by atoms with E-state index in [1.165, 1.54) is 18.9 Å². The van der Waals surface area contributed by atoms with Crippen molar-refractivity contribution in [3.05, 3.63) is 36.0 Å². The summed E-state index contributed by atoms with van der Waals surface area (Å²) < 4.78 is 18.8. The highest BCUT2D eigenvalue weighted by molar-refractivity contribution is 5.54. The fourth-order valence-corrected chi connectivity index (χ4v) is 2.41. The van der Waals surface area contributed by atoms with Crippen LogP contribution in [0.15, 0.2) is 28.8 Å². The summed E-state index contributed by atoms with van der Waals surface area (Å²) in [6.07, 6.45) is 4.15. The van der Waals surface area contributed by atoms with Crippen molar-refractivity contribution in [3.63, 3.8) is 0 Å². The Morgan fingerprint density at radius 1 is 1.37 bits per heavy atom. The van der Waals surface area contributed by atoms with E-state index < -0.39 is 0 Å². The molecule has 100 valence electrons. The molecule has 1 fully saturated rings. The van der Waals surface area contributed by atoms with Gasteiger partial charge in [-0.3, -0.25) is 0 Å². The minimum Gasteiger partial charge on any atom is -0.339 e. The highest BCUT2D eigenvalue weighted by Gasteiger charge is 2.16. The van der Waals surface area contributed by atoms with E-state index in [9.17, 15) is 4.39 Å². The molecule has 1 aliphatic heterocycles. The first-order valence-electron chi connectivity index (χ1n) is 6.64. The molecule has 1 atom stereocenters. The lowest BCUT2D eigenvalue weighted by atomic mass is 10.1. The maximum atomic E-state index is 13.6. The highest BCUT2D eigenvalue weighted by Crippen LogP contribution is 2.20. The highest BCUT2D eigenvalue weighted by atomic mass is 19.1. The number of halogens is 1. The van der Waals surface area contributed by atoms with Crippen molar-refractivity contribution in [1.82, 2.24) is 15.5 Å². The Balaban J connectivity index is 1.67. The van der Waals surface area contributed by atoms with Crippen molar-refractivity contribution < 1.29 is 8.91 Å². The lowest BCUT2D eigenvalue weighted by Crippen LogP contribution is -2.21. The molecule has 1 aromatic heterocycles. The van der Waals surface area contributed by atoms with Crippen LogP contribution in [0.4, 0.5) is 4.39 Å². The quantitative estimate of drug-likeness (QED) is 0.919. The standard InChI is InChI=1S/C14H16FN3O/c15-12-6-2-1-5-11(12)14-17-13(19-18-14)8-7-10-4-3-9-16-10/h1-2,5-6,10,16H,3-4,7-9H2. The molecule has 0 bridgehead atoms. The van der Waals surface area contributed by atoms with Gasteiger partial charge in [-0.2, -0.15) is 4.98 Å². The number of hydrogen-bond donors (Lipinski definition) is 1. The van der Waals surface area contributed by atoms with E-state index in [2.05, 4.69) is 15.5 Å². The third kappa shape index (κ3) is 2.81. The molecule has 5 heteroatoms. The average Bonchev–Trinajstić information content (AvgIpc) is 3.08. The first-order chi connectivity index (χ1) is 9.33. The van der Waals surface area contributed by atoms with E-state index in [1.807, 2.05) is 0 Å². The van der Waals surface area contributed by atoms with Crippen molar-refractivity contribution in [1.29, 1.82) is 0 Å².